The van der Waals surface area contributed by atoms with Crippen molar-refractivity contribution in [1.29, 1.82) is 0 Å². The lowest BCUT2D eigenvalue weighted by Gasteiger charge is -2.24. The molecule has 0 radical (unpaired) electrons. The van der Waals surface area contributed by atoms with Crippen molar-refractivity contribution in [3.8, 4) is 0 Å². The fraction of sp³-hybridized carbons (Fsp3) is 0.467. The average molecular weight is 304 g/mol. The van der Waals surface area contributed by atoms with Gasteiger partial charge in [-0.05, 0) is 43.7 Å². The highest BCUT2D eigenvalue weighted by atomic mass is 32.1. The van der Waals surface area contributed by atoms with Crippen molar-refractivity contribution in [3.05, 3.63) is 37.8 Å². The van der Waals surface area contributed by atoms with E-state index in [9.17, 15) is 4.79 Å². The minimum Gasteiger partial charge on any atom is -0.369 e. The number of thiophene rings is 1. The Balaban J connectivity index is 1.65. The lowest BCUT2D eigenvalue weighted by Crippen LogP contribution is -2.30. The van der Waals surface area contributed by atoms with Crippen molar-refractivity contribution in [1.82, 2.24) is 9.97 Å². The topological polar surface area (TPSA) is 83.8 Å². The highest BCUT2D eigenvalue weighted by molar-refractivity contribution is 7.11. The Labute approximate surface area is 127 Å². The zero-order valence-electron chi connectivity index (χ0n) is 12.1. The van der Waals surface area contributed by atoms with Gasteiger partial charge in [-0.15, -0.1) is 11.3 Å². The Hall–Kier alpha value is -1.82. The van der Waals surface area contributed by atoms with E-state index >= 15 is 0 Å². The number of nitrogens with zero attached hydrogens (tertiary/aromatic N) is 1. The molecule has 112 valence electrons. The first-order valence-electron chi connectivity index (χ1n) is 7.36. The number of aromatic amines is 1. The molecule has 1 atom stereocenters. The molecule has 21 heavy (non-hydrogen) atoms. The summed E-state index contributed by atoms with van der Waals surface area (Å²) in [4.78, 5) is 21.5. The summed E-state index contributed by atoms with van der Waals surface area (Å²) in [5, 5.41) is 3.24. The summed E-state index contributed by atoms with van der Waals surface area (Å²) < 4.78 is 0. The SMILES string of the molecule is CCc1ccc(CC[C@H]2CNc3nc(N)[nH]c(=O)c3C2)s1. The van der Waals surface area contributed by atoms with Gasteiger partial charge in [0.2, 0.25) is 5.95 Å². The van der Waals surface area contributed by atoms with Gasteiger partial charge in [0, 0.05) is 16.3 Å². The van der Waals surface area contributed by atoms with Crippen molar-refractivity contribution in [2.24, 2.45) is 5.92 Å². The molecule has 0 aliphatic carbocycles. The minimum atomic E-state index is -0.112. The standard InChI is InChI=1S/C15H20N4OS/c1-2-10-5-6-11(21-10)4-3-9-7-12-13(17-8-9)18-15(16)19-14(12)20/h5-6,9H,2-4,7-8H2,1H3,(H4,16,17,18,19,20)/t9-/m1/s1. The lowest BCUT2D eigenvalue weighted by atomic mass is 9.92. The number of H-pyrrole nitrogens is 1. The Morgan fingerprint density at radius 1 is 1.43 bits per heavy atom. The second kappa shape index (κ2) is 5.89. The highest BCUT2D eigenvalue weighted by Gasteiger charge is 2.22. The molecule has 3 heterocycles. The van der Waals surface area contributed by atoms with Gasteiger partial charge < -0.3 is 11.1 Å². The number of aryl methyl sites for hydroxylation is 2. The van der Waals surface area contributed by atoms with Gasteiger partial charge >= 0.3 is 0 Å². The summed E-state index contributed by atoms with van der Waals surface area (Å²) in [6.45, 7) is 3.04. The maximum absolute atomic E-state index is 11.9. The van der Waals surface area contributed by atoms with Gasteiger partial charge in [0.25, 0.3) is 5.56 Å². The smallest absolute Gasteiger partial charge is 0.257 e. The Kier molecular flexibility index (Phi) is 3.96. The van der Waals surface area contributed by atoms with Gasteiger partial charge in [-0.2, -0.15) is 4.98 Å². The molecule has 5 nitrogen and oxygen atoms in total. The van der Waals surface area contributed by atoms with Crippen molar-refractivity contribution >= 4 is 23.1 Å². The molecule has 0 saturated heterocycles. The van der Waals surface area contributed by atoms with Gasteiger partial charge in [0.1, 0.15) is 5.82 Å². The van der Waals surface area contributed by atoms with Crippen molar-refractivity contribution in [2.75, 3.05) is 17.6 Å². The average Bonchev–Trinajstić information content (AvgIpc) is 2.93. The van der Waals surface area contributed by atoms with Crippen LogP contribution in [0.1, 0.15) is 28.7 Å². The number of fused-ring (bicyclic) bond motifs is 1. The number of hydrogen-bond acceptors (Lipinski definition) is 5. The molecule has 2 aromatic rings. The Morgan fingerprint density at radius 2 is 2.24 bits per heavy atom. The van der Waals surface area contributed by atoms with E-state index in [1.165, 1.54) is 9.75 Å². The Morgan fingerprint density at radius 3 is 3.00 bits per heavy atom. The molecule has 0 saturated carbocycles. The maximum Gasteiger partial charge on any atom is 0.257 e. The molecule has 6 heteroatoms. The Bertz CT molecular complexity index is 691. The van der Waals surface area contributed by atoms with E-state index in [-0.39, 0.29) is 11.5 Å². The van der Waals surface area contributed by atoms with E-state index in [2.05, 4.69) is 34.3 Å². The first-order chi connectivity index (χ1) is 10.2. The van der Waals surface area contributed by atoms with E-state index in [0.717, 1.165) is 37.8 Å². The van der Waals surface area contributed by atoms with Crippen LogP contribution in [0.15, 0.2) is 16.9 Å². The van der Waals surface area contributed by atoms with Crippen molar-refractivity contribution in [3.63, 3.8) is 0 Å². The summed E-state index contributed by atoms with van der Waals surface area (Å²) in [5.41, 5.74) is 6.19. The number of hydrogen-bond donors (Lipinski definition) is 3. The second-order valence-electron chi connectivity index (χ2n) is 5.49. The normalized spacial score (nSPS) is 17.3. The van der Waals surface area contributed by atoms with Gasteiger partial charge in [-0.25, -0.2) is 0 Å². The molecule has 0 amide bonds. The quantitative estimate of drug-likeness (QED) is 0.808. The number of aromatic nitrogens is 2. The van der Waals surface area contributed by atoms with Crippen LogP contribution in [-0.2, 0) is 19.3 Å². The molecule has 0 aromatic carbocycles. The predicted octanol–water partition coefficient (Wildman–Crippen LogP) is 2.19. The molecule has 4 N–H and O–H groups in total. The van der Waals surface area contributed by atoms with Crippen LogP contribution < -0.4 is 16.6 Å². The molecule has 0 bridgehead atoms. The molecular formula is C15H20N4OS. The number of nitrogens with one attached hydrogen (secondary N) is 2. The van der Waals surface area contributed by atoms with Crippen LogP contribution in [-0.4, -0.2) is 16.5 Å². The molecule has 0 unspecified atom stereocenters. The van der Waals surface area contributed by atoms with Crippen LogP contribution in [0.4, 0.5) is 11.8 Å². The summed E-state index contributed by atoms with van der Waals surface area (Å²) in [5.74, 6) is 1.29. The van der Waals surface area contributed by atoms with Gasteiger partial charge in [-0.3, -0.25) is 9.78 Å². The number of nitrogens with two attached hydrogens (primary N) is 1. The fourth-order valence-corrected chi connectivity index (χ4v) is 3.72. The van der Waals surface area contributed by atoms with E-state index in [4.69, 9.17) is 5.73 Å². The molecule has 0 spiro atoms. The van der Waals surface area contributed by atoms with E-state index in [1.807, 2.05) is 11.3 Å². The number of anilines is 2. The van der Waals surface area contributed by atoms with E-state index in [0.29, 0.717) is 11.7 Å². The molecular weight excluding hydrogens is 284 g/mol. The first-order valence-corrected chi connectivity index (χ1v) is 8.17. The van der Waals surface area contributed by atoms with Crippen LogP contribution in [0.2, 0.25) is 0 Å². The first kappa shape index (κ1) is 14.1. The molecule has 3 rings (SSSR count). The third kappa shape index (κ3) is 3.10. The highest BCUT2D eigenvalue weighted by Crippen LogP contribution is 2.25. The molecule has 2 aromatic heterocycles. The molecule has 1 aliphatic rings. The number of rotatable bonds is 4. The summed E-state index contributed by atoms with van der Waals surface area (Å²) >= 11 is 1.89. The fourth-order valence-electron chi connectivity index (χ4n) is 2.75. The predicted molar refractivity (Wildman–Crippen MR) is 87.0 cm³/mol. The molecule has 1 aliphatic heterocycles. The third-order valence-corrected chi connectivity index (χ3v) is 5.24. The largest absolute Gasteiger partial charge is 0.369 e. The van der Waals surface area contributed by atoms with Crippen molar-refractivity contribution < 1.29 is 0 Å². The zero-order chi connectivity index (χ0) is 14.8. The second-order valence-corrected chi connectivity index (χ2v) is 6.74. The van der Waals surface area contributed by atoms with Crippen LogP contribution >= 0.6 is 11.3 Å². The maximum atomic E-state index is 11.9. The van der Waals surface area contributed by atoms with Gasteiger partial charge in [0.15, 0.2) is 0 Å². The van der Waals surface area contributed by atoms with Gasteiger partial charge in [0.05, 0.1) is 5.56 Å². The van der Waals surface area contributed by atoms with Crippen molar-refractivity contribution in [2.45, 2.75) is 32.6 Å². The van der Waals surface area contributed by atoms with E-state index in [1.54, 1.807) is 0 Å². The van der Waals surface area contributed by atoms with Crippen LogP contribution in [0.3, 0.4) is 0 Å². The monoisotopic (exact) mass is 304 g/mol. The number of nitrogen functional groups attached to an aromatic ring is 1. The van der Waals surface area contributed by atoms with E-state index < -0.39 is 0 Å². The minimum absolute atomic E-state index is 0.112. The third-order valence-electron chi connectivity index (χ3n) is 3.95. The van der Waals surface area contributed by atoms with Gasteiger partial charge in [-0.1, -0.05) is 6.92 Å². The molecule has 0 fully saturated rings. The lowest BCUT2D eigenvalue weighted by molar-refractivity contribution is 0.493. The summed E-state index contributed by atoms with van der Waals surface area (Å²) in [7, 11) is 0. The van der Waals surface area contributed by atoms with Crippen LogP contribution in [0.5, 0.6) is 0 Å². The summed E-state index contributed by atoms with van der Waals surface area (Å²) in [6.07, 6.45) is 4.04. The zero-order valence-corrected chi connectivity index (χ0v) is 12.9. The summed E-state index contributed by atoms with van der Waals surface area (Å²) in [6, 6.07) is 4.44. The van der Waals surface area contributed by atoms with Crippen LogP contribution in [0.25, 0.3) is 0 Å². The van der Waals surface area contributed by atoms with Crippen LogP contribution in [0, 0.1) is 5.92 Å².